The van der Waals surface area contributed by atoms with Crippen molar-refractivity contribution < 1.29 is 22.7 Å². The number of hydrogen-bond donors (Lipinski definition) is 1. The lowest BCUT2D eigenvalue weighted by Crippen LogP contribution is -2.53. The second-order valence-corrected chi connectivity index (χ2v) is 8.30. The van der Waals surface area contributed by atoms with Crippen molar-refractivity contribution in [3.05, 3.63) is 35.3 Å². The summed E-state index contributed by atoms with van der Waals surface area (Å²) < 4.78 is 45.3. The first-order valence-corrected chi connectivity index (χ1v) is 10.3. The number of carbonyl (C=O) groups is 1. The highest BCUT2D eigenvalue weighted by molar-refractivity contribution is 6.05. The number of likely N-dealkylation sites (N-methyl/N-ethyl adjacent to an activating group) is 1. The van der Waals surface area contributed by atoms with Crippen molar-refractivity contribution in [1.29, 1.82) is 0 Å². The van der Waals surface area contributed by atoms with E-state index in [0.29, 0.717) is 25.3 Å². The molecule has 1 N–H and O–H groups in total. The van der Waals surface area contributed by atoms with Gasteiger partial charge in [0.2, 0.25) is 11.9 Å². The van der Waals surface area contributed by atoms with Crippen LogP contribution < -0.4 is 19.9 Å². The number of amides is 1. The molecule has 1 saturated carbocycles. The number of carbonyl (C=O) groups excluding carboxylic acids is 1. The number of aromatic nitrogens is 2. The van der Waals surface area contributed by atoms with E-state index in [1.165, 1.54) is 0 Å². The van der Waals surface area contributed by atoms with Crippen molar-refractivity contribution in [1.82, 2.24) is 9.97 Å². The van der Waals surface area contributed by atoms with Crippen molar-refractivity contribution in [2.45, 2.75) is 50.8 Å². The van der Waals surface area contributed by atoms with E-state index in [1.54, 1.807) is 4.90 Å². The van der Waals surface area contributed by atoms with Crippen molar-refractivity contribution in [3.8, 4) is 5.75 Å². The van der Waals surface area contributed by atoms with Gasteiger partial charge in [-0.1, -0.05) is 0 Å². The number of nitrogens with one attached hydrogen (secondary N) is 1. The lowest BCUT2D eigenvalue weighted by molar-refractivity contribution is -0.119. The van der Waals surface area contributed by atoms with Gasteiger partial charge >= 0.3 is 0 Å². The third-order valence-corrected chi connectivity index (χ3v) is 6.23. The quantitative estimate of drug-likeness (QED) is 0.748. The first kappa shape index (κ1) is 19.9. The van der Waals surface area contributed by atoms with E-state index in [-0.39, 0.29) is 29.8 Å². The summed E-state index contributed by atoms with van der Waals surface area (Å²) in [6.45, 7) is 2.54. The number of ether oxygens (including phenoxy) is 1. The fourth-order valence-corrected chi connectivity index (χ4v) is 4.32. The fraction of sp³-hybridized carbons (Fsp3) is 0.476. The Kier molecular flexibility index (Phi) is 4.67. The number of aryl methyl sites for hydroxylation is 1. The van der Waals surface area contributed by atoms with E-state index in [4.69, 9.17) is 4.74 Å². The monoisotopic (exact) mass is 433 g/mol. The Balaban J connectivity index is 1.28. The Morgan fingerprint density at radius 2 is 1.87 bits per heavy atom. The predicted octanol–water partition coefficient (Wildman–Crippen LogP) is 3.03. The van der Waals surface area contributed by atoms with Gasteiger partial charge in [-0.15, -0.1) is 0 Å². The Labute approximate surface area is 177 Å². The molecule has 10 heteroatoms. The zero-order chi connectivity index (χ0) is 21.9. The Morgan fingerprint density at radius 1 is 1.16 bits per heavy atom. The summed E-state index contributed by atoms with van der Waals surface area (Å²) >= 11 is 0. The summed E-state index contributed by atoms with van der Waals surface area (Å²) in [7, 11) is 1.86. The van der Waals surface area contributed by atoms with Crippen molar-refractivity contribution in [2.24, 2.45) is 0 Å². The zero-order valence-electron chi connectivity index (χ0n) is 17.2. The van der Waals surface area contributed by atoms with E-state index in [1.807, 2.05) is 18.9 Å². The summed E-state index contributed by atoms with van der Waals surface area (Å²) in [6.07, 6.45) is 2.58. The number of halogens is 3. The lowest BCUT2D eigenvalue weighted by atomic mass is 9.89. The van der Waals surface area contributed by atoms with Crippen LogP contribution in [0.3, 0.4) is 0 Å². The van der Waals surface area contributed by atoms with Crippen LogP contribution in [-0.2, 0) is 11.2 Å². The molecule has 5 rings (SSSR count). The maximum Gasteiger partial charge on any atom is 0.249 e. The van der Waals surface area contributed by atoms with Crippen LogP contribution in [-0.4, -0.2) is 47.7 Å². The summed E-state index contributed by atoms with van der Waals surface area (Å²) in [6, 6.07) is 1.44. The molecule has 0 unspecified atom stereocenters. The Morgan fingerprint density at radius 3 is 2.58 bits per heavy atom. The second-order valence-electron chi connectivity index (χ2n) is 8.30. The topological polar surface area (TPSA) is 70.6 Å². The van der Waals surface area contributed by atoms with Gasteiger partial charge in [0.25, 0.3) is 0 Å². The van der Waals surface area contributed by atoms with Gasteiger partial charge in [0.15, 0.2) is 23.3 Å². The van der Waals surface area contributed by atoms with Crippen LogP contribution >= 0.6 is 0 Å². The third-order valence-electron chi connectivity index (χ3n) is 6.23. The Hall–Kier alpha value is -3.04. The summed E-state index contributed by atoms with van der Waals surface area (Å²) in [4.78, 5) is 25.6. The molecule has 0 radical (unpaired) electrons. The highest BCUT2D eigenvalue weighted by Crippen LogP contribution is 2.40. The molecule has 3 aliphatic rings. The Bertz CT molecular complexity index is 1040. The normalized spacial score (nSPS) is 24.5. The third kappa shape index (κ3) is 3.34. The van der Waals surface area contributed by atoms with Gasteiger partial charge in [-0.2, -0.15) is 4.98 Å². The maximum atomic E-state index is 13.3. The highest BCUT2D eigenvalue weighted by Gasteiger charge is 2.39. The number of anilines is 3. The SMILES string of the molecule is C[C@H]1C(=O)N2CCCc3nc(NC4CC(Oc5cc(F)c(F)c(F)c5)C4)nc(c32)N1C. The molecule has 31 heavy (non-hydrogen) atoms. The van der Waals surface area contributed by atoms with Gasteiger partial charge in [0.05, 0.1) is 5.69 Å². The average Bonchev–Trinajstić information content (AvgIpc) is 2.72. The molecule has 0 saturated heterocycles. The smallest absolute Gasteiger partial charge is 0.249 e. The predicted molar refractivity (Wildman–Crippen MR) is 108 cm³/mol. The minimum Gasteiger partial charge on any atom is -0.490 e. The minimum atomic E-state index is -1.51. The molecule has 1 aromatic heterocycles. The van der Waals surface area contributed by atoms with Gasteiger partial charge in [0.1, 0.15) is 23.6 Å². The van der Waals surface area contributed by atoms with E-state index in [2.05, 4.69) is 15.3 Å². The van der Waals surface area contributed by atoms with Crippen LogP contribution in [0, 0.1) is 17.5 Å². The summed E-state index contributed by atoms with van der Waals surface area (Å²) in [5.74, 6) is -2.79. The summed E-state index contributed by atoms with van der Waals surface area (Å²) in [5.41, 5.74) is 1.66. The number of nitrogens with zero attached hydrogens (tertiary/aromatic N) is 4. The van der Waals surface area contributed by atoms with Gasteiger partial charge in [0, 0.05) is 44.6 Å². The molecular weight excluding hydrogens is 411 g/mol. The molecular formula is C21H22F3N5O2. The van der Waals surface area contributed by atoms with E-state index in [9.17, 15) is 18.0 Å². The number of rotatable bonds is 4. The van der Waals surface area contributed by atoms with Crippen LogP contribution in [0.5, 0.6) is 5.75 Å². The molecule has 0 bridgehead atoms. The van der Waals surface area contributed by atoms with Crippen LogP contribution in [0.25, 0.3) is 0 Å². The molecule has 2 aromatic rings. The van der Waals surface area contributed by atoms with Gasteiger partial charge in [-0.3, -0.25) is 4.79 Å². The van der Waals surface area contributed by atoms with Crippen LogP contribution in [0.4, 0.5) is 30.6 Å². The van der Waals surface area contributed by atoms with Crippen molar-refractivity contribution >= 4 is 23.4 Å². The van der Waals surface area contributed by atoms with Crippen LogP contribution in [0.1, 0.15) is 31.9 Å². The maximum absolute atomic E-state index is 13.3. The average molecular weight is 433 g/mol. The number of benzene rings is 1. The molecule has 7 nitrogen and oxygen atoms in total. The largest absolute Gasteiger partial charge is 0.490 e. The van der Waals surface area contributed by atoms with Gasteiger partial charge in [-0.25, -0.2) is 18.2 Å². The molecule has 2 aliphatic heterocycles. The minimum absolute atomic E-state index is 0.0327. The molecule has 1 aliphatic carbocycles. The van der Waals surface area contributed by atoms with Crippen LogP contribution in [0.15, 0.2) is 12.1 Å². The van der Waals surface area contributed by atoms with E-state index < -0.39 is 17.5 Å². The van der Waals surface area contributed by atoms with Crippen molar-refractivity contribution in [2.75, 3.05) is 28.7 Å². The first-order valence-electron chi connectivity index (χ1n) is 10.3. The zero-order valence-corrected chi connectivity index (χ0v) is 17.2. The molecule has 1 amide bonds. The number of hydrogen-bond acceptors (Lipinski definition) is 6. The molecule has 3 heterocycles. The molecule has 1 aromatic carbocycles. The molecule has 1 fully saturated rings. The van der Waals surface area contributed by atoms with Gasteiger partial charge < -0.3 is 19.9 Å². The van der Waals surface area contributed by atoms with Crippen molar-refractivity contribution in [3.63, 3.8) is 0 Å². The highest BCUT2D eigenvalue weighted by atomic mass is 19.2. The van der Waals surface area contributed by atoms with E-state index in [0.717, 1.165) is 42.2 Å². The van der Waals surface area contributed by atoms with E-state index >= 15 is 0 Å². The van der Waals surface area contributed by atoms with Gasteiger partial charge in [-0.05, 0) is 19.8 Å². The fourth-order valence-electron chi connectivity index (χ4n) is 4.32. The standard InChI is InChI=1S/C21H22F3N5O2/c1-10-20(30)29-5-3-4-16-18(29)19(28(10)2)27-21(26-16)25-11-6-12(7-11)31-13-8-14(22)17(24)15(23)9-13/h8-12H,3-7H2,1-2H3,(H,25,26,27)/t10-,11?,12?/m0/s1. The summed E-state index contributed by atoms with van der Waals surface area (Å²) in [5, 5.41) is 3.30. The first-order chi connectivity index (χ1) is 14.8. The molecule has 164 valence electrons. The molecule has 0 spiro atoms. The second kappa shape index (κ2) is 7.28. The molecule has 1 atom stereocenters. The van der Waals surface area contributed by atoms with Crippen LogP contribution in [0.2, 0.25) is 0 Å². The lowest BCUT2D eigenvalue weighted by Gasteiger charge is -2.42.